The van der Waals surface area contributed by atoms with E-state index in [1.54, 1.807) is 18.4 Å². The van der Waals surface area contributed by atoms with Crippen LogP contribution in [0.3, 0.4) is 0 Å². The van der Waals surface area contributed by atoms with Crippen molar-refractivity contribution in [1.29, 1.82) is 0 Å². The van der Waals surface area contributed by atoms with Crippen molar-refractivity contribution >= 4 is 39.7 Å². The van der Waals surface area contributed by atoms with Crippen molar-refractivity contribution in [2.75, 3.05) is 7.11 Å². The number of fused-ring (bicyclic) bond motifs is 2. The van der Waals surface area contributed by atoms with Crippen LogP contribution >= 0.6 is 22.9 Å². The number of nitrogens with two attached hydrogens (primary N) is 1. The number of aliphatic imine (C=N–C) groups is 1. The molecule has 1 atom stereocenters. The molecule has 1 unspecified atom stereocenters. The highest BCUT2D eigenvalue weighted by atomic mass is 35.5. The minimum absolute atomic E-state index is 0.139. The smallest absolute Gasteiger partial charge is 0.142 e. The Labute approximate surface area is 188 Å². The SMILES string of the molecule is COc1cccc2cc(-c3cc(Cl)c(C4Cc5nc(C6CC6)ncc5C(N)=N4)s3)[nH]c12. The molecule has 156 valence electrons. The van der Waals surface area contributed by atoms with Crippen LogP contribution in [0.25, 0.3) is 21.5 Å². The third-order valence-electron chi connectivity index (χ3n) is 5.91. The number of para-hydroxylation sites is 1. The summed E-state index contributed by atoms with van der Waals surface area (Å²) in [5.41, 5.74) is 10.1. The summed E-state index contributed by atoms with van der Waals surface area (Å²) >= 11 is 8.32. The van der Waals surface area contributed by atoms with E-state index >= 15 is 0 Å². The number of hydrogen-bond acceptors (Lipinski definition) is 6. The number of ether oxygens (including phenoxy) is 1. The zero-order valence-electron chi connectivity index (χ0n) is 16.9. The normalized spacial score (nSPS) is 18.1. The quantitative estimate of drug-likeness (QED) is 0.446. The summed E-state index contributed by atoms with van der Waals surface area (Å²) < 4.78 is 5.48. The molecule has 0 bridgehead atoms. The number of nitrogens with zero attached hydrogens (tertiary/aromatic N) is 3. The number of halogens is 1. The van der Waals surface area contributed by atoms with Crippen LogP contribution < -0.4 is 10.5 Å². The third-order valence-corrected chi connectivity index (χ3v) is 7.60. The number of nitrogens with one attached hydrogen (secondary N) is 1. The van der Waals surface area contributed by atoms with Crippen molar-refractivity contribution in [1.82, 2.24) is 15.0 Å². The Kier molecular flexibility index (Phi) is 4.30. The summed E-state index contributed by atoms with van der Waals surface area (Å²) in [6.07, 6.45) is 4.84. The van der Waals surface area contributed by atoms with Gasteiger partial charge in [0, 0.05) is 28.8 Å². The molecule has 0 radical (unpaired) electrons. The number of aromatic amines is 1. The molecular weight excluding hydrogens is 430 g/mol. The van der Waals surface area contributed by atoms with Gasteiger partial charge in [-0.25, -0.2) is 9.97 Å². The van der Waals surface area contributed by atoms with Crippen molar-refractivity contribution in [3.63, 3.8) is 0 Å². The Bertz CT molecular complexity index is 1350. The lowest BCUT2D eigenvalue weighted by molar-refractivity contribution is 0.419. The molecular formula is C23H20ClN5OS. The second-order valence-corrected chi connectivity index (χ2v) is 9.52. The molecule has 4 heterocycles. The summed E-state index contributed by atoms with van der Waals surface area (Å²) in [6.45, 7) is 0. The molecule has 0 spiro atoms. The van der Waals surface area contributed by atoms with E-state index in [2.05, 4.69) is 22.1 Å². The fraction of sp³-hybridized carbons (Fsp3) is 0.261. The van der Waals surface area contributed by atoms with Crippen molar-refractivity contribution in [2.24, 2.45) is 10.7 Å². The van der Waals surface area contributed by atoms with E-state index in [0.29, 0.717) is 23.2 Å². The zero-order chi connectivity index (χ0) is 21.1. The summed E-state index contributed by atoms with van der Waals surface area (Å²) in [5, 5.41) is 1.80. The van der Waals surface area contributed by atoms with Gasteiger partial charge < -0.3 is 15.5 Å². The van der Waals surface area contributed by atoms with E-state index in [9.17, 15) is 0 Å². The highest BCUT2D eigenvalue weighted by molar-refractivity contribution is 7.16. The fourth-order valence-electron chi connectivity index (χ4n) is 4.13. The van der Waals surface area contributed by atoms with Gasteiger partial charge in [-0.1, -0.05) is 23.7 Å². The van der Waals surface area contributed by atoms with Crippen LogP contribution in [0.5, 0.6) is 5.75 Å². The van der Waals surface area contributed by atoms with Gasteiger partial charge in [-0.05, 0) is 31.0 Å². The zero-order valence-corrected chi connectivity index (χ0v) is 18.4. The van der Waals surface area contributed by atoms with Crippen LogP contribution in [0.15, 0.2) is 41.5 Å². The molecule has 3 aromatic heterocycles. The minimum atomic E-state index is -0.139. The Morgan fingerprint density at radius 2 is 2.13 bits per heavy atom. The standard InChI is InChI=1S/C23H20ClN5OS/c1-30-18-4-2-3-12-7-16(27-20(12)18)19-8-14(24)21(31-19)17-9-15-13(22(25)28-17)10-26-23(29-15)11-5-6-11/h2-4,7-8,10-11,17,27H,5-6,9H2,1H3,(H2,25,28). The number of hydrogen-bond donors (Lipinski definition) is 2. The monoisotopic (exact) mass is 449 g/mol. The molecule has 1 aliphatic heterocycles. The maximum absolute atomic E-state index is 6.68. The largest absolute Gasteiger partial charge is 0.495 e. The van der Waals surface area contributed by atoms with Gasteiger partial charge in [-0.15, -0.1) is 11.3 Å². The number of aromatic nitrogens is 3. The van der Waals surface area contributed by atoms with Crippen molar-refractivity contribution in [3.8, 4) is 16.3 Å². The summed E-state index contributed by atoms with van der Waals surface area (Å²) in [5.74, 6) is 2.73. The number of methoxy groups -OCH3 is 1. The van der Waals surface area contributed by atoms with Crippen molar-refractivity contribution in [3.05, 3.63) is 63.5 Å². The predicted molar refractivity (Wildman–Crippen MR) is 124 cm³/mol. The Hall–Kier alpha value is -2.90. The van der Waals surface area contributed by atoms with Gasteiger partial charge in [0.15, 0.2) is 0 Å². The number of thiophene rings is 1. The first-order chi connectivity index (χ1) is 15.1. The summed E-state index contributed by atoms with van der Waals surface area (Å²) in [4.78, 5) is 19.6. The Morgan fingerprint density at radius 1 is 1.26 bits per heavy atom. The van der Waals surface area contributed by atoms with Gasteiger partial charge >= 0.3 is 0 Å². The highest BCUT2D eigenvalue weighted by Crippen LogP contribution is 2.43. The first kappa shape index (κ1) is 18.8. The first-order valence-electron chi connectivity index (χ1n) is 10.3. The van der Waals surface area contributed by atoms with Gasteiger partial charge in [0.25, 0.3) is 0 Å². The summed E-state index contributed by atoms with van der Waals surface area (Å²) in [7, 11) is 1.68. The van der Waals surface area contributed by atoms with Crippen LogP contribution in [0, 0.1) is 0 Å². The number of amidine groups is 1. The number of benzene rings is 1. The highest BCUT2D eigenvalue weighted by Gasteiger charge is 2.30. The number of H-pyrrole nitrogens is 1. The van der Waals surface area contributed by atoms with E-state index in [1.807, 2.05) is 24.4 Å². The lowest BCUT2D eigenvalue weighted by Gasteiger charge is -2.20. The van der Waals surface area contributed by atoms with Gasteiger partial charge in [0.2, 0.25) is 0 Å². The average molecular weight is 450 g/mol. The molecule has 1 fully saturated rings. The first-order valence-corrected chi connectivity index (χ1v) is 11.4. The molecule has 2 aliphatic rings. The van der Waals surface area contributed by atoms with Crippen LogP contribution in [-0.4, -0.2) is 27.9 Å². The molecule has 4 aromatic rings. The lowest BCUT2D eigenvalue weighted by atomic mass is 10.0. The second kappa shape index (κ2) is 7.07. The minimum Gasteiger partial charge on any atom is -0.495 e. The van der Waals surface area contributed by atoms with Crippen LogP contribution in [0.2, 0.25) is 5.02 Å². The molecule has 0 saturated heterocycles. The molecule has 1 saturated carbocycles. The van der Waals surface area contributed by atoms with Gasteiger partial charge in [-0.3, -0.25) is 4.99 Å². The maximum Gasteiger partial charge on any atom is 0.142 e. The van der Waals surface area contributed by atoms with Crippen molar-refractivity contribution < 1.29 is 4.74 Å². The maximum atomic E-state index is 6.68. The Balaban J connectivity index is 1.36. The van der Waals surface area contributed by atoms with Gasteiger partial charge in [-0.2, -0.15) is 0 Å². The van der Waals surface area contributed by atoms with Gasteiger partial charge in [0.05, 0.1) is 45.5 Å². The number of rotatable bonds is 4. The molecule has 6 rings (SSSR count). The molecule has 8 heteroatoms. The second-order valence-electron chi connectivity index (χ2n) is 8.03. The van der Waals surface area contributed by atoms with E-state index in [-0.39, 0.29) is 6.04 Å². The van der Waals surface area contributed by atoms with Crippen LogP contribution in [-0.2, 0) is 6.42 Å². The molecule has 31 heavy (non-hydrogen) atoms. The molecule has 1 aromatic carbocycles. The summed E-state index contributed by atoms with van der Waals surface area (Å²) in [6, 6.07) is 9.97. The van der Waals surface area contributed by atoms with Gasteiger partial charge in [0.1, 0.15) is 17.4 Å². The molecule has 1 aliphatic carbocycles. The van der Waals surface area contributed by atoms with Crippen molar-refractivity contribution in [2.45, 2.75) is 31.2 Å². The predicted octanol–water partition coefficient (Wildman–Crippen LogP) is 5.23. The topological polar surface area (TPSA) is 89.2 Å². The fourth-order valence-corrected chi connectivity index (χ4v) is 5.61. The Morgan fingerprint density at radius 3 is 2.94 bits per heavy atom. The van der Waals surface area contributed by atoms with Crippen LogP contribution in [0.1, 0.15) is 46.8 Å². The average Bonchev–Trinajstić information content (AvgIpc) is 3.41. The van der Waals surface area contributed by atoms with E-state index < -0.39 is 0 Å². The molecule has 6 nitrogen and oxygen atoms in total. The van der Waals surface area contributed by atoms with E-state index in [4.69, 9.17) is 32.0 Å². The van der Waals surface area contributed by atoms with E-state index in [0.717, 1.165) is 49.2 Å². The third kappa shape index (κ3) is 3.20. The lowest BCUT2D eigenvalue weighted by Crippen LogP contribution is -2.24. The van der Waals surface area contributed by atoms with E-state index in [1.165, 1.54) is 12.8 Å². The molecule has 0 amide bonds. The van der Waals surface area contributed by atoms with Crippen LogP contribution in [0.4, 0.5) is 0 Å². The molecule has 3 N–H and O–H groups in total.